The molecule has 4 rings (SSSR count). The van der Waals surface area contributed by atoms with Crippen LogP contribution in [0.5, 0.6) is 0 Å². The van der Waals surface area contributed by atoms with Crippen LogP contribution in [0.3, 0.4) is 0 Å². The summed E-state index contributed by atoms with van der Waals surface area (Å²) in [6.45, 7) is 3.50. The molecule has 1 aromatic carbocycles. The highest BCUT2D eigenvalue weighted by molar-refractivity contribution is 7.20. The third-order valence-corrected chi connectivity index (χ3v) is 5.20. The average molecular weight is 339 g/mol. The van der Waals surface area contributed by atoms with Gasteiger partial charge in [-0.25, -0.2) is 9.97 Å². The summed E-state index contributed by atoms with van der Waals surface area (Å²) < 4.78 is 6.91. The number of nitrogens with zero attached hydrogens (tertiary/aromatic N) is 3. The summed E-state index contributed by atoms with van der Waals surface area (Å²) in [4.78, 5) is 24.2. The standard InChI is InChI=1S/C18H17N3O2S/c1-12-6-7-19-17(20-12)14-11-21(8-9-23-14)18(22)16-10-13-4-2-3-5-15(13)24-16/h2-7,10,14H,8-9,11H2,1H3. The van der Waals surface area contributed by atoms with Gasteiger partial charge in [-0.3, -0.25) is 4.79 Å². The van der Waals surface area contributed by atoms with Crippen LogP contribution in [0, 0.1) is 6.92 Å². The second-order valence-corrected chi connectivity index (χ2v) is 6.90. The van der Waals surface area contributed by atoms with Crippen molar-refractivity contribution < 1.29 is 9.53 Å². The quantitative estimate of drug-likeness (QED) is 0.719. The van der Waals surface area contributed by atoms with E-state index in [9.17, 15) is 4.79 Å². The van der Waals surface area contributed by atoms with Crippen molar-refractivity contribution in [1.82, 2.24) is 14.9 Å². The van der Waals surface area contributed by atoms with E-state index in [1.807, 2.05) is 48.2 Å². The van der Waals surface area contributed by atoms with E-state index in [1.54, 1.807) is 6.20 Å². The van der Waals surface area contributed by atoms with Gasteiger partial charge in [-0.2, -0.15) is 0 Å². The largest absolute Gasteiger partial charge is 0.367 e. The third-order valence-electron chi connectivity index (χ3n) is 4.09. The minimum Gasteiger partial charge on any atom is -0.367 e. The number of aromatic nitrogens is 2. The summed E-state index contributed by atoms with van der Waals surface area (Å²) in [5.41, 5.74) is 0.900. The van der Waals surface area contributed by atoms with Crippen LogP contribution in [0.1, 0.15) is 27.3 Å². The Hall–Kier alpha value is -2.31. The molecule has 1 saturated heterocycles. The van der Waals surface area contributed by atoms with Crippen molar-refractivity contribution >= 4 is 27.3 Å². The molecule has 0 N–H and O–H groups in total. The van der Waals surface area contributed by atoms with E-state index in [0.29, 0.717) is 25.5 Å². The lowest BCUT2D eigenvalue weighted by Gasteiger charge is -2.31. The van der Waals surface area contributed by atoms with Crippen LogP contribution in [-0.4, -0.2) is 40.5 Å². The highest BCUT2D eigenvalue weighted by Gasteiger charge is 2.28. The number of hydrogen-bond acceptors (Lipinski definition) is 5. The highest BCUT2D eigenvalue weighted by atomic mass is 32.1. The Kier molecular flexibility index (Phi) is 4.00. The van der Waals surface area contributed by atoms with Gasteiger partial charge in [-0.1, -0.05) is 18.2 Å². The van der Waals surface area contributed by atoms with Crippen LogP contribution in [0.2, 0.25) is 0 Å². The van der Waals surface area contributed by atoms with Crippen molar-refractivity contribution in [2.45, 2.75) is 13.0 Å². The zero-order chi connectivity index (χ0) is 16.5. The van der Waals surface area contributed by atoms with E-state index < -0.39 is 0 Å². The van der Waals surface area contributed by atoms with Gasteiger partial charge in [0.1, 0.15) is 6.10 Å². The van der Waals surface area contributed by atoms with Crippen molar-refractivity contribution in [1.29, 1.82) is 0 Å². The summed E-state index contributed by atoms with van der Waals surface area (Å²) in [6, 6.07) is 11.9. The lowest BCUT2D eigenvalue weighted by atomic mass is 10.2. The maximum absolute atomic E-state index is 12.9. The molecule has 1 fully saturated rings. The Morgan fingerprint density at radius 2 is 2.21 bits per heavy atom. The van der Waals surface area contributed by atoms with E-state index in [4.69, 9.17) is 4.74 Å². The molecular weight excluding hydrogens is 322 g/mol. The van der Waals surface area contributed by atoms with Crippen LogP contribution in [0.15, 0.2) is 42.6 Å². The summed E-state index contributed by atoms with van der Waals surface area (Å²) in [5, 5.41) is 1.11. The normalized spacial score (nSPS) is 18.0. The number of aryl methyl sites for hydroxylation is 1. The van der Waals surface area contributed by atoms with Gasteiger partial charge in [0.25, 0.3) is 5.91 Å². The summed E-state index contributed by atoms with van der Waals surface area (Å²) in [5.74, 6) is 0.695. The molecule has 0 aliphatic carbocycles. The molecular formula is C18H17N3O2S. The predicted molar refractivity (Wildman–Crippen MR) is 93.2 cm³/mol. The Bertz CT molecular complexity index is 860. The van der Waals surface area contributed by atoms with Crippen LogP contribution in [-0.2, 0) is 4.74 Å². The minimum absolute atomic E-state index is 0.0529. The monoisotopic (exact) mass is 339 g/mol. The van der Waals surface area contributed by atoms with Crippen molar-refractivity contribution in [2.75, 3.05) is 19.7 Å². The molecule has 3 aromatic rings. The van der Waals surface area contributed by atoms with E-state index in [0.717, 1.165) is 20.7 Å². The molecule has 2 aromatic heterocycles. The van der Waals surface area contributed by atoms with Crippen LogP contribution >= 0.6 is 11.3 Å². The summed E-state index contributed by atoms with van der Waals surface area (Å²) in [7, 11) is 0. The first-order chi connectivity index (χ1) is 11.7. The first-order valence-corrected chi connectivity index (χ1v) is 8.71. The number of thiophene rings is 1. The van der Waals surface area contributed by atoms with E-state index in [1.165, 1.54) is 11.3 Å². The number of fused-ring (bicyclic) bond motifs is 1. The number of ether oxygens (including phenoxy) is 1. The van der Waals surface area contributed by atoms with Crippen LogP contribution in [0.4, 0.5) is 0 Å². The fourth-order valence-corrected chi connectivity index (χ4v) is 3.89. The van der Waals surface area contributed by atoms with Crippen molar-refractivity contribution in [2.24, 2.45) is 0 Å². The molecule has 1 amide bonds. The Morgan fingerprint density at radius 3 is 3.04 bits per heavy atom. The zero-order valence-corrected chi connectivity index (χ0v) is 14.1. The highest BCUT2D eigenvalue weighted by Crippen LogP contribution is 2.28. The molecule has 1 unspecified atom stereocenters. The predicted octanol–water partition coefficient (Wildman–Crippen LogP) is 3.21. The first-order valence-electron chi connectivity index (χ1n) is 7.90. The average Bonchev–Trinajstić information content (AvgIpc) is 3.05. The van der Waals surface area contributed by atoms with Gasteiger partial charge in [-0.15, -0.1) is 11.3 Å². The number of amides is 1. The molecule has 0 spiro atoms. The van der Waals surface area contributed by atoms with E-state index in [2.05, 4.69) is 9.97 Å². The Morgan fingerprint density at radius 1 is 1.33 bits per heavy atom. The van der Waals surface area contributed by atoms with Gasteiger partial charge in [0.15, 0.2) is 5.82 Å². The Balaban J connectivity index is 1.56. The number of carbonyl (C=O) groups excluding carboxylic acids is 1. The van der Waals surface area contributed by atoms with Gasteiger partial charge < -0.3 is 9.64 Å². The lowest BCUT2D eigenvalue weighted by molar-refractivity contribution is -0.0267. The van der Waals surface area contributed by atoms with Gasteiger partial charge in [0, 0.05) is 23.1 Å². The topological polar surface area (TPSA) is 55.3 Å². The van der Waals surface area contributed by atoms with Gasteiger partial charge in [0.05, 0.1) is 18.0 Å². The number of hydrogen-bond donors (Lipinski definition) is 0. The van der Waals surface area contributed by atoms with Crippen LogP contribution in [0.25, 0.3) is 10.1 Å². The number of carbonyl (C=O) groups is 1. The third kappa shape index (κ3) is 2.90. The molecule has 0 radical (unpaired) electrons. The van der Waals surface area contributed by atoms with Gasteiger partial charge in [-0.05, 0) is 30.5 Å². The smallest absolute Gasteiger partial charge is 0.264 e. The molecule has 1 atom stereocenters. The number of morpholine rings is 1. The van der Waals surface area contributed by atoms with Gasteiger partial charge in [0.2, 0.25) is 0 Å². The number of benzene rings is 1. The summed E-state index contributed by atoms with van der Waals surface area (Å²) >= 11 is 1.54. The molecule has 122 valence electrons. The molecule has 3 heterocycles. The lowest BCUT2D eigenvalue weighted by Crippen LogP contribution is -2.42. The van der Waals surface area contributed by atoms with Crippen LogP contribution < -0.4 is 0 Å². The summed E-state index contributed by atoms with van der Waals surface area (Å²) in [6.07, 6.45) is 1.46. The molecule has 5 nitrogen and oxygen atoms in total. The first kappa shape index (κ1) is 15.2. The maximum atomic E-state index is 12.9. The SMILES string of the molecule is Cc1ccnc(C2CN(C(=O)c3cc4ccccc4s3)CCO2)n1. The minimum atomic E-state index is -0.267. The zero-order valence-electron chi connectivity index (χ0n) is 13.3. The van der Waals surface area contributed by atoms with E-state index >= 15 is 0 Å². The van der Waals surface area contributed by atoms with E-state index in [-0.39, 0.29) is 12.0 Å². The second kappa shape index (κ2) is 6.30. The fourth-order valence-electron chi connectivity index (χ4n) is 2.86. The molecule has 6 heteroatoms. The van der Waals surface area contributed by atoms with Crippen molar-refractivity contribution in [3.05, 3.63) is 59.0 Å². The molecule has 1 aliphatic rings. The molecule has 24 heavy (non-hydrogen) atoms. The molecule has 1 aliphatic heterocycles. The van der Waals surface area contributed by atoms with Crippen molar-refractivity contribution in [3.8, 4) is 0 Å². The Labute approximate surface area is 143 Å². The molecule has 0 bridgehead atoms. The van der Waals surface area contributed by atoms with Crippen molar-refractivity contribution in [3.63, 3.8) is 0 Å². The second-order valence-electron chi connectivity index (χ2n) is 5.82. The van der Waals surface area contributed by atoms with Gasteiger partial charge >= 0.3 is 0 Å². The molecule has 0 saturated carbocycles. The maximum Gasteiger partial charge on any atom is 0.264 e. The fraction of sp³-hybridized carbons (Fsp3) is 0.278. The number of rotatable bonds is 2.